The topological polar surface area (TPSA) is 52.3 Å². The maximum atomic E-state index is 11.7. The van der Waals surface area contributed by atoms with Crippen LogP contribution >= 0.6 is 11.6 Å². The number of rotatable bonds is 2. The lowest BCUT2D eigenvalue weighted by Gasteiger charge is -2.26. The molecule has 3 nitrogen and oxygen atoms in total. The number of esters is 1. The van der Waals surface area contributed by atoms with E-state index in [0.29, 0.717) is 0 Å². The molecule has 0 saturated heterocycles. The van der Waals surface area contributed by atoms with Gasteiger partial charge in [0.2, 0.25) is 0 Å². The number of hydrogen-bond acceptors (Lipinski definition) is 3. The van der Waals surface area contributed by atoms with E-state index in [4.69, 9.17) is 22.1 Å². The molecule has 2 atom stereocenters. The van der Waals surface area contributed by atoms with Crippen LogP contribution in [0.4, 0.5) is 5.69 Å². The van der Waals surface area contributed by atoms with Crippen LogP contribution in [0.1, 0.15) is 18.4 Å². The zero-order chi connectivity index (χ0) is 14.0. The molecule has 0 fully saturated rings. The summed E-state index contributed by atoms with van der Waals surface area (Å²) in [5.41, 5.74) is 8.58. The SMILES string of the molecule is COC(=O)C1(Cl)C=CC(c2cccc(N)c2)C(C)=C1. The maximum Gasteiger partial charge on any atom is 0.334 e. The molecule has 1 aromatic carbocycles. The van der Waals surface area contributed by atoms with E-state index in [2.05, 4.69) is 0 Å². The molecule has 2 N–H and O–H groups in total. The average Bonchev–Trinajstić information content (AvgIpc) is 2.37. The van der Waals surface area contributed by atoms with Crippen molar-refractivity contribution in [2.45, 2.75) is 17.7 Å². The Morgan fingerprint density at radius 2 is 2.21 bits per heavy atom. The third kappa shape index (κ3) is 2.66. The van der Waals surface area contributed by atoms with Crippen molar-refractivity contribution < 1.29 is 9.53 Å². The number of methoxy groups -OCH3 is 1. The van der Waals surface area contributed by atoms with Gasteiger partial charge in [-0.1, -0.05) is 41.5 Å². The van der Waals surface area contributed by atoms with Crippen LogP contribution in [-0.2, 0) is 9.53 Å². The third-order valence-electron chi connectivity index (χ3n) is 3.23. The van der Waals surface area contributed by atoms with Crippen LogP contribution in [0, 0.1) is 0 Å². The van der Waals surface area contributed by atoms with Crippen LogP contribution < -0.4 is 5.73 Å². The Hall–Kier alpha value is -1.74. The molecule has 0 radical (unpaired) electrons. The van der Waals surface area contributed by atoms with Gasteiger partial charge in [-0.2, -0.15) is 0 Å². The van der Waals surface area contributed by atoms with E-state index in [1.54, 1.807) is 12.2 Å². The number of alkyl halides is 1. The Kier molecular flexibility index (Phi) is 3.67. The summed E-state index contributed by atoms with van der Waals surface area (Å²) in [4.78, 5) is 10.5. The van der Waals surface area contributed by atoms with Crippen molar-refractivity contribution in [3.8, 4) is 0 Å². The molecule has 0 aromatic heterocycles. The largest absolute Gasteiger partial charge is 0.467 e. The summed E-state index contributed by atoms with van der Waals surface area (Å²) < 4.78 is 4.71. The van der Waals surface area contributed by atoms with E-state index in [0.717, 1.165) is 16.8 Å². The van der Waals surface area contributed by atoms with Gasteiger partial charge in [0.05, 0.1) is 7.11 Å². The zero-order valence-corrected chi connectivity index (χ0v) is 11.6. The van der Waals surface area contributed by atoms with Crippen molar-refractivity contribution in [3.63, 3.8) is 0 Å². The molecule has 2 unspecified atom stereocenters. The first kappa shape index (κ1) is 13.7. The van der Waals surface area contributed by atoms with E-state index in [1.165, 1.54) is 7.11 Å². The number of hydrogen-bond donors (Lipinski definition) is 1. The predicted octanol–water partition coefficient (Wildman–Crippen LogP) is 3.02. The molecule has 1 aromatic rings. The Bertz CT molecular complexity index is 565. The highest BCUT2D eigenvalue weighted by Crippen LogP contribution is 2.36. The summed E-state index contributed by atoms with van der Waals surface area (Å²) in [6.07, 6.45) is 5.31. The molecule has 4 heteroatoms. The van der Waals surface area contributed by atoms with Crippen LogP contribution in [0.15, 0.2) is 48.1 Å². The number of benzene rings is 1. The minimum atomic E-state index is -1.20. The van der Waals surface area contributed by atoms with Gasteiger partial charge in [0.1, 0.15) is 0 Å². The van der Waals surface area contributed by atoms with Crippen molar-refractivity contribution in [1.29, 1.82) is 0 Å². The van der Waals surface area contributed by atoms with Gasteiger partial charge >= 0.3 is 5.97 Å². The molecule has 0 amide bonds. The number of halogens is 1. The van der Waals surface area contributed by atoms with Crippen LogP contribution in [0.3, 0.4) is 0 Å². The lowest BCUT2D eigenvalue weighted by molar-refractivity contribution is -0.141. The van der Waals surface area contributed by atoms with Crippen molar-refractivity contribution in [3.05, 3.63) is 53.6 Å². The number of anilines is 1. The second-order valence-corrected chi connectivity index (χ2v) is 5.28. The number of carbonyl (C=O) groups is 1. The highest BCUT2D eigenvalue weighted by atomic mass is 35.5. The minimum Gasteiger partial charge on any atom is -0.467 e. The predicted molar refractivity (Wildman–Crippen MR) is 77.1 cm³/mol. The van der Waals surface area contributed by atoms with E-state index in [-0.39, 0.29) is 5.92 Å². The second kappa shape index (κ2) is 5.10. The maximum absolute atomic E-state index is 11.7. The molecule has 19 heavy (non-hydrogen) atoms. The van der Waals surface area contributed by atoms with Gasteiger partial charge in [-0.05, 0) is 30.7 Å². The number of nitrogens with two attached hydrogens (primary N) is 1. The molecule has 2 rings (SSSR count). The van der Waals surface area contributed by atoms with Crippen molar-refractivity contribution >= 4 is 23.3 Å². The van der Waals surface area contributed by atoms with Gasteiger partial charge in [-0.3, -0.25) is 0 Å². The Morgan fingerprint density at radius 1 is 1.47 bits per heavy atom. The Labute approximate surface area is 117 Å². The summed E-state index contributed by atoms with van der Waals surface area (Å²) in [6, 6.07) is 7.68. The average molecular weight is 278 g/mol. The fraction of sp³-hybridized carbons (Fsp3) is 0.267. The first-order chi connectivity index (χ1) is 8.96. The molecule has 0 bridgehead atoms. The fourth-order valence-corrected chi connectivity index (χ4v) is 2.59. The standard InChI is InChI=1S/C15H16ClNO2/c1-10-9-15(16,14(18)19-2)7-6-13(10)11-4-3-5-12(17)8-11/h3-9,13H,17H2,1-2H3. The normalized spacial score (nSPS) is 25.8. The van der Waals surface area contributed by atoms with Crippen LogP contribution in [0.2, 0.25) is 0 Å². The van der Waals surface area contributed by atoms with Gasteiger partial charge < -0.3 is 10.5 Å². The summed E-state index contributed by atoms with van der Waals surface area (Å²) in [5, 5.41) is 0. The molecule has 0 spiro atoms. The first-order valence-corrected chi connectivity index (χ1v) is 6.35. The smallest absolute Gasteiger partial charge is 0.334 e. The molecular weight excluding hydrogens is 262 g/mol. The minimum absolute atomic E-state index is 0.0834. The molecular formula is C15H16ClNO2. The van der Waals surface area contributed by atoms with Crippen LogP contribution in [0.5, 0.6) is 0 Å². The zero-order valence-electron chi connectivity index (χ0n) is 10.9. The van der Waals surface area contributed by atoms with E-state index >= 15 is 0 Å². The number of carbonyl (C=O) groups excluding carboxylic acids is 1. The quantitative estimate of drug-likeness (QED) is 0.391. The van der Waals surface area contributed by atoms with Crippen LogP contribution in [-0.4, -0.2) is 18.0 Å². The summed E-state index contributed by atoms with van der Waals surface area (Å²) >= 11 is 6.24. The molecule has 0 heterocycles. The fourth-order valence-electron chi connectivity index (χ4n) is 2.27. The van der Waals surface area contributed by atoms with Gasteiger partial charge in [-0.15, -0.1) is 0 Å². The summed E-state index contributed by atoms with van der Waals surface area (Å²) in [5.74, 6) is -0.393. The lowest BCUT2D eigenvalue weighted by atomic mass is 9.84. The first-order valence-electron chi connectivity index (χ1n) is 5.98. The van der Waals surface area contributed by atoms with Gasteiger partial charge in [-0.25, -0.2) is 4.79 Å². The number of nitrogen functional groups attached to an aromatic ring is 1. The molecule has 1 aliphatic rings. The molecule has 100 valence electrons. The summed E-state index contributed by atoms with van der Waals surface area (Å²) in [6.45, 7) is 1.94. The lowest BCUT2D eigenvalue weighted by Crippen LogP contribution is -2.32. The highest BCUT2D eigenvalue weighted by molar-refractivity contribution is 6.37. The van der Waals surface area contributed by atoms with E-state index < -0.39 is 10.8 Å². The molecule has 1 aliphatic carbocycles. The van der Waals surface area contributed by atoms with Gasteiger partial charge in [0, 0.05) is 11.6 Å². The third-order valence-corrected chi connectivity index (χ3v) is 3.62. The van der Waals surface area contributed by atoms with Crippen LogP contribution in [0.25, 0.3) is 0 Å². The van der Waals surface area contributed by atoms with E-state index in [1.807, 2.05) is 37.3 Å². The second-order valence-electron chi connectivity index (χ2n) is 4.65. The van der Waals surface area contributed by atoms with Gasteiger partial charge in [0.15, 0.2) is 4.87 Å². The Morgan fingerprint density at radius 3 is 2.79 bits per heavy atom. The summed E-state index contributed by atoms with van der Waals surface area (Å²) in [7, 11) is 1.33. The molecule has 0 saturated carbocycles. The van der Waals surface area contributed by atoms with Gasteiger partial charge in [0.25, 0.3) is 0 Å². The highest BCUT2D eigenvalue weighted by Gasteiger charge is 2.35. The number of allylic oxidation sites excluding steroid dienone is 2. The van der Waals surface area contributed by atoms with E-state index in [9.17, 15) is 4.79 Å². The Balaban J connectivity index is 2.33. The van der Waals surface area contributed by atoms with Crippen molar-refractivity contribution in [1.82, 2.24) is 0 Å². The van der Waals surface area contributed by atoms with Crippen molar-refractivity contribution in [2.75, 3.05) is 12.8 Å². The molecule has 0 aliphatic heterocycles. The monoisotopic (exact) mass is 277 g/mol. The number of ether oxygens (including phenoxy) is 1. The van der Waals surface area contributed by atoms with Crippen molar-refractivity contribution in [2.24, 2.45) is 0 Å².